The Kier molecular flexibility index (Phi) is 9.82. The van der Waals surface area contributed by atoms with Crippen LogP contribution in [0.25, 0.3) is 6.08 Å². The Hall–Kier alpha value is -3.08. The lowest BCUT2D eigenvalue weighted by molar-refractivity contribution is 0.0827. The molecule has 0 bridgehead atoms. The first kappa shape index (κ1) is 24.2. The van der Waals surface area contributed by atoms with Gasteiger partial charge in [-0.3, -0.25) is 9.59 Å². The van der Waals surface area contributed by atoms with Crippen LogP contribution in [0.3, 0.4) is 0 Å². The number of unbranched alkanes of at least 4 members (excludes halogenated alkanes) is 2. The molecule has 0 radical (unpaired) electrons. The maximum atomic E-state index is 12.6. The fourth-order valence-electron chi connectivity index (χ4n) is 2.82. The maximum Gasteiger partial charge on any atom is 0.253 e. The summed E-state index contributed by atoms with van der Waals surface area (Å²) in [6.07, 6.45) is 7.37. The molecule has 0 saturated heterocycles. The molecule has 0 unspecified atom stereocenters. The summed E-state index contributed by atoms with van der Waals surface area (Å²) >= 11 is 0. The Morgan fingerprint density at radius 1 is 0.871 bits per heavy atom. The van der Waals surface area contributed by atoms with E-state index in [-0.39, 0.29) is 11.7 Å². The zero-order valence-corrected chi connectivity index (χ0v) is 19.0. The van der Waals surface area contributed by atoms with Crippen molar-refractivity contribution in [1.29, 1.82) is 0 Å². The van der Waals surface area contributed by atoms with Gasteiger partial charge in [-0.15, -0.1) is 0 Å². The predicted molar refractivity (Wildman–Crippen MR) is 125 cm³/mol. The minimum absolute atomic E-state index is 0.0929. The molecule has 5 heteroatoms. The average molecular weight is 424 g/mol. The zero-order valence-electron chi connectivity index (χ0n) is 19.0. The van der Waals surface area contributed by atoms with E-state index in [2.05, 4.69) is 13.8 Å². The Morgan fingerprint density at radius 2 is 1.48 bits per heavy atom. The third-order valence-electron chi connectivity index (χ3n) is 4.74. The molecule has 0 fully saturated rings. The van der Waals surface area contributed by atoms with Crippen LogP contribution in [-0.2, 0) is 0 Å². The number of hydrogen-bond acceptors (Lipinski definition) is 4. The van der Waals surface area contributed by atoms with Crippen molar-refractivity contribution >= 4 is 17.8 Å². The van der Waals surface area contributed by atoms with Crippen LogP contribution in [0.1, 0.15) is 65.8 Å². The number of nitrogens with zero attached hydrogens (tertiary/aromatic N) is 1. The Labute approximate surface area is 185 Å². The average Bonchev–Trinajstić information content (AvgIpc) is 2.78. The summed E-state index contributed by atoms with van der Waals surface area (Å²) < 4.78 is 11.7. The minimum atomic E-state index is -0.133. The van der Waals surface area contributed by atoms with Crippen LogP contribution in [0.15, 0.2) is 48.5 Å². The molecule has 1 amide bonds. The first-order chi connectivity index (χ1) is 15.0. The lowest BCUT2D eigenvalue weighted by Crippen LogP contribution is -2.21. The number of benzene rings is 2. The molecule has 166 valence electrons. The number of rotatable bonds is 12. The van der Waals surface area contributed by atoms with Crippen molar-refractivity contribution in [3.8, 4) is 11.5 Å². The monoisotopic (exact) mass is 423 g/mol. The quantitative estimate of drug-likeness (QED) is 0.252. The van der Waals surface area contributed by atoms with Crippen LogP contribution >= 0.6 is 0 Å². The third-order valence-corrected chi connectivity index (χ3v) is 4.74. The minimum Gasteiger partial charge on any atom is -0.493 e. The van der Waals surface area contributed by atoms with E-state index in [4.69, 9.17) is 9.47 Å². The molecule has 2 aromatic carbocycles. The van der Waals surface area contributed by atoms with Gasteiger partial charge in [-0.2, -0.15) is 0 Å². The molecular weight excluding hydrogens is 390 g/mol. The molecule has 0 aliphatic carbocycles. The second-order valence-corrected chi connectivity index (χ2v) is 7.58. The van der Waals surface area contributed by atoms with Gasteiger partial charge >= 0.3 is 0 Å². The Morgan fingerprint density at radius 3 is 2.10 bits per heavy atom. The van der Waals surface area contributed by atoms with E-state index in [1.807, 2.05) is 18.2 Å². The van der Waals surface area contributed by atoms with Gasteiger partial charge in [-0.1, -0.05) is 38.8 Å². The summed E-state index contributed by atoms with van der Waals surface area (Å²) in [4.78, 5) is 26.1. The predicted octanol–water partition coefficient (Wildman–Crippen LogP) is 5.64. The maximum absolute atomic E-state index is 12.6. The fourth-order valence-corrected chi connectivity index (χ4v) is 2.82. The molecule has 0 atom stereocenters. The number of ether oxygens (including phenoxy) is 2. The van der Waals surface area contributed by atoms with Crippen LogP contribution in [0.5, 0.6) is 11.5 Å². The highest BCUT2D eigenvalue weighted by Crippen LogP contribution is 2.27. The summed E-state index contributed by atoms with van der Waals surface area (Å²) in [5.41, 5.74) is 1.90. The third kappa shape index (κ3) is 7.59. The van der Waals surface area contributed by atoms with E-state index >= 15 is 0 Å². The summed E-state index contributed by atoms with van der Waals surface area (Å²) in [7, 11) is 3.40. The molecule has 2 rings (SSSR count). The van der Waals surface area contributed by atoms with Crippen molar-refractivity contribution in [3.63, 3.8) is 0 Å². The van der Waals surface area contributed by atoms with Crippen LogP contribution < -0.4 is 9.47 Å². The van der Waals surface area contributed by atoms with Gasteiger partial charge in [0.25, 0.3) is 5.91 Å². The van der Waals surface area contributed by atoms with Crippen molar-refractivity contribution in [2.75, 3.05) is 27.3 Å². The standard InChI is InChI=1S/C26H33NO4/c1-5-7-17-30-23-15-13-21(25(19-23)31-18-8-6-2)14-16-24(28)20-9-11-22(12-10-20)26(29)27(3)4/h9-16,19H,5-8,17-18H2,1-4H3/b16-14+. The first-order valence-electron chi connectivity index (χ1n) is 10.9. The van der Waals surface area contributed by atoms with Gasteiger partial charge in [0.2, 0.25) is 0 Å². The number of hydrogen-bond donors (Lipinski definition) is 0. The van der Waals surface area contributed by atoms with Gasteiger partial charge in [-0.25, -0.2) is 0 Å². The normalized spacial score (nSPS) is 10.8. The number of carbonyl (C=O) groups is 2. The van der Waals surface area contributed by atoms with Crippen LogP contribution in [0.2, 0.25) is 0 Å². The van der Waals surface area contributed by atoms with Gasteiger partial charge < -0.3 is 14.4 Å². The summed E-state index contributed by atoms with van der Waals surface area (Å²) in [6, 6.07) is 12.4. The highest BCUT2D eigenvalue weighted by atomic mass is 16.5. The lowest BCUT2D eigenvalue weighted by Gasteiger charge is -2.12. The number of ketones is 1. The summed E-state index contributed by atoms with van der Waals surface area (Å²) in [5, 5.41) is 0. The molecule has 31 heavy (non-hydrogen) atoms. The van der Waals surface area contributed by atoms with Crippen LogP contribution in [0, 0.1) is 0 Å². The van der Waals surface area contributed by atoms with Crippen molar-refractivity contribution in [1.82, 2.24) is 4.90 Å². The number of allylic oxidation sites excluding steroid dienone is 1. The van der Waals surface area contributed by atoms with E-state index in [1.54, 1.807) is 44.4 Å². The van der Waals surface area contributed by atoms with E-state index in [0.29, 0.717) is 30.1 Å². The van der Waals surface area contributed by atoms with Crippen LogP contribution in [0.4, 0.5) is 0 Å². The molecule has 0 aliphatic heterocycles. The highest BCUT2D eigenvalue weighted by Gasteiger charge is 2.10. The first-order valence-corrected chi connectivity index (χ1v) is 10.9. The molecular formula is C26H33NO4. The lowest BCUT2D eigenvalue weighted by atomic mass is 10.1. The topological polar surface area (TPSA) is 55.8 Å². The van der Waals surface area contributed by atoms with E-state index in [0.717, 1.165) is 37.0 Å². The van der Waals surface area contributed by atoms with Crippen LogP contribution in [-0.4, -0.2) is 43.9 Å². The molecule has 0 heterocycles. The summed E-state index contributed by atoms with van der Waals surface area (Å²) in [6.45, 7) is 5.53. The zero-order chi connectivity index (χ0) is 22.6. The second kappa shape index (κ2) is 12.6. The molecule has 0 aromatic heterocycles. The fraction of sp³-hybridized carbons (Fsp3) is 0.385. The van der Waals surface area contributed by atoms with Gasteiger partial charge in [0.15, 0.2) is 5.78 Å². The molecule has 0 N–H and O–H groups in total. The van der Waals surface area contributed by atoms with Crippen molar-refractivity contribution in [2.45, 2.75) is 39.5 Å². The Balaban J connectivity index is 2.14. The number of amides is 1. The Bertz CT molecular complexity index is 885. The second-order valence-electron chi connectivity index (χ2n) is 7.58. The van der Waals surface area contributed by atoms with Gasteiger partial charge in [0, 0.05) is 36.9 Å². The van der Waals surface area contributed by atoms with Gasteiger partial charge in [0.05, 0.1) is 13.2 Å². The summed E-state index contributed by atoms with van der Waals surface area (Å²) in [5.74, 6) is 1.25. The van der Waals surface area contributed by atoms with Crippen molar-refractivity contribution in [3.05, 3.63) is 65.2 Å². The molecule has 0 spiro atoms. The van der Waals surface area contributed by atoms with E-state index in [1.165, 1.54) is 11.0 Å². The van der Waals surface area contributed by atoms with Crippen molar-refractivity contribution in [2.24, 2.45) is 0 Å². The van der Waals surface area contributed by atoms with E-state index < -0.39 is 0 Å². The van der Waals surface area contributed by atoms with Gasteiger partial charge in [0.1, 0.15) is 11.5 Å². The molecule has 0 aliphatic rings. The van der Waals surface area contributed by atoms with Crippen molar-refractivity contribution < 1.29 is 19.1 Å². The molecule has 5 nitrogen and oxygen atoms in total. The number of carbonyl (C=O) groups excluding carboxylic acids is 2. The largest absolute Gasteiger partial charge is 0.493 e. The molecule has 2 aromatic rings. The van der Waals surface area contributed by atoms with E-state index in [9.17, 15) is 9.59 Å². The highest BCUT2D eigenvalue weighted by molar-refractivity contribution is 6.07. The van der Waals surface area contributed by atoms with Gasteiger partial charge in [-0.05, 0) is 49.3 Å². The smallest absolute Gasteiger partial charge is 0.253 e. The SMILES string of the molecule is CCCCOc1ccc(/C=C/C(=O)c2ccc(C(=O)N(C)C)cc2)c(OCCCC)c1. The molecule has 0 saturated carbocycles.